The lowest BCUT2D eigenvalue weighted by Gasteiger charge is -2.07. The largest absolute Gasteiger partial charge is 0.319 e. The summed E-state index contributed by atoms with van der Waals surface area (Å²) in [5.41, 5.74) is 0.611. The number of hydrogen-bond donors (Lipinski definition) is 1. The molecule has 0 aromatic heterocycles. The molecule has 1 amide bonds. The smallest absolute Gasteiger partial charge is 0.255 e. The molecule has 3 nitrogen and oxygen atoms in total. The number of benzene rings is 2. The Bertz CT molecular complexity index is 720. The van der Waals surface area contributed by atoms with E-state index in [1.807, 2.05) is 0 Å². The summed E-state index contributed by atoms with van der Waals surface area (Å²) in [7, 11) is 0. The maximum atomic E-state index is 13.6. The van der Waals surface area contributed by atoms with Crippen LogP contribution < -0.4 is 5.32 Å². The Hall–Kier alpha value is -2.74. The summed E-state index contributed by atoms with van der Waals surface area (Å²) in [6.45, 7) is 1.58. The first-order valence-corrected chi connectivity index (χ1v) is 5.78. The molecule has 0 bridgehead atoms. The Morgan fingerprint density at radius 2 is 1.90 bits per heavy atom. The molecule has 0 aliphatic heterocycles. The predicted octanol–water partition coefficient (Wildman–Crippen LogP) is 3.40. The van der Waals surface area contributed by atoms with E-state index in [1.165, 1.54) is 24.3 Å². The summed E-state index contributed by atoms with van der Waals surface area (Å²) in [4.78, 5) is 11.9. The van der Waals surface area contributed by atoms with Crippen LogP contribution in [-0.4, -0.2) is 5.91 Å². The zero-order chi connectivity index (χ0) is 14.7. The number of anilines is 1. The summed E-state index contributed by atoms with van der Waals surface area (Å²) in [6.07, 6.45) is 0. The van der Waals surface area contributed by atoms with E-state index in [1.54, 1.807) is 13.0 Å². The molecule has 2 aromatic rings. The average molecular weight is 272 g/mol. The highest BCUT2D eigenvalue weighted by atomic mass is 19.1. The Labute approximate surface area is 114 Å². The van der Waals surface area contributed by atoms with Gasteiger partial charge in [-0.15, -0.1) is 0 Å². The van der Waals surface area contributed by atoms with E-state index in [2.05, 4.69) is 5.32 Å². The third-order valence-corrected chi connectivity index (χ3v) is 2.78. The van der Waals surface area contributed by atoms with Crippen LogP contribution in [0.3, 0.4) is 0 Å². The quantitative estimate of drug-likeness (QED) is 0.911. The molecule has 20 heavy (non-hydrogen) atoms. The molecule has 0 spiro atoms. The molecule has 0 aliphatic carbocycles. The topological polar surface area (TPSA) is 52.9 Å². The van der Waals surface area contributed by atoms with E-state index in [9.17, 15) is 13.6 Å². The summed E-state index contributed by atoms with van der Waals surface area (Å²) in [5.74, 6) is -1.84. The van der Waals surface area contributed by atoms with Gasteiger partial charge in [-0.2, -0.15) is 5.26 Å². The van der Waals surface area contributed by atoms with Gasteiger partial charge in [0, 0.05) is 5.56 Å². The van der Waals surface area contributed by atoms with Crippen molar-refractivity contribution in [3.63, 3.8) is 0 Å². The number of aryl methyl sites for hydroxylation is 1. The summed E-state index contributed by atoms with van der Waals surface area (Å²) in [6, 6.07) is 9.50. The minimum absolute atomic E-state index is 0.0602. The van der Waals surface area contributed by atoms with Crippen LogP contribution in [0, 0.1) is 29.9 Å². The second kappa shape index (κ2) is 5.49. The van der Waals surface area contributed by atoms with Gasteiger partial charge in [0.15, 0.2) is 0 Å². The van der Waals surface area contributed by atoms with Gasteiger partial charge in [0.05, 0.1) is 17.3 Å². The van der Waals surface area contributed by atoms with Crippen LogP contribution in [-0.2, 0) is 0 Å². The predicted molar refractivity (Wildman–Crippen MR) is 70.2 cm³/mol. The van der Waals surface area contributed by atoms with Crippen molar-refractivity contribution in [3.05, 3.63) is 64.7 Å². The van der Waals surface area contributed by atoms with Gasteiger partial charge in [0.2, 0.25) is 0 Å². The molecule has 1 N–H and O–H groups in total. The monoisotopic (exact) mass is 272 g/mol. The van der Waals surface area contributed by atoms with E-state index in [-0.39, 0.29) is 16.8 Å². The standard InChI is InChI=1S/C15H10F2N2O/c1-9-2-4-11(7-12(9)16)15(20)19-14-5-3-10(8-18)6-13(14)17/h2-7H,1H3,(H,19,20). The lowest BCUT2D eigenvalue weighted by molar-refractivity contribution is 0.102. The third-order valence-electron chi connectivity index (χ3n) is 2.78. The van der Waals surface area contributed by atoms with Crippen molar-refractivity contribution in [1.82, 2.24) is 0 Å². The number of halogens is 2. The Kier molecular flexibility index (Phi) is 3.76. The molecule has 0 heterocycles. The highest BCUT2D eigenvalue weighted by Gasteiger charge is 2.11. The van der Waals surface area contributed by atoms with Crippen molar-refractivity contribution in [2.75, 3.05) is 5.32 Å². The van der Waals surface area contributed by atoms with Crippen LogP contribution >= 0.6 is 0 Å². The molecule has 0 saturated carbocycles. The van der Waals surface area contributed by atoms with Crippen molar-refractivity contribution >= 4 is 11.6 Å². The van der Waals surface area contributed by atoms with E-state index in [4.69, 9.17) is 5.26 Å². The first-order valence-electron chi connectivity index (χ1n) is 5.78. The minimum Gasteiger partial charge on any atom is -0.319 e. The average Bonchev–Trinajstić information content (AvgIpc) is 2.43. The van der Waals surface area contributed by atoms with Crippen LogP contribution in [0.2, 0.25) is 0 Å². The van der Waals surface area contributed by atoms with Gasteiger partial charge in [0.1, 0.15) is 11.6 Å². The Morgan fingerprint density at radius 3 is 2.50 bits per heavy atom. The minimum atomic E-state index is -0.718. The Balaban J connectivity index is 2.23. The molecule has 0 atom stereocenters. The third kappa shape index (κ3) is 2.81. The SMILES string of the molecule is Cc1ccc(C(=O)Nc2ccc(C#N)cc2F)cc1F. The maximum Gasteiger partial charge on any atom is 0.255 e. The number of carbonyl (C=O) groups is 1. The van der Waals surface area contributed by atoms with Crippen LogP contribution in [0.1, 0.15) is 21.5 Å². The number of nitriles is 1. The molecule has 2 rings (SSSR count). The molecular weight excluding hydrogens is 262 g/mol. The van der Waals surface area contributed by atoms with Crippen molar-refractivity contribution in [2.45, 2.75) is 6.92 Å². The first kappa shape index (κ1) is 13.7. The van der Waals surface area contributed by atoms with Gasteiger partial charge in [-0.3, -0.25) is 4.79 Å². The zero-order valence-corrected chi connectivity index (χ0v) is 10.6. The fourth-order valence-electron chi connectivity index (χ4n) is 1.61. The molecule has 0 unspecified atom stereocenters. The van der Waals surface area contributed by atoms with Gasteiger partial charge in [-0.1, -0.05) is 6.07 Å². The van der Waals surface area contributed by atoms with Crippen molar-refractivity contribution in [3.8, 4) is 6.07 Å². The van der Waals surface area contributed by atoms with Gasteiger partial charge in [0.25, 0.3) is 5.91 Å². The van der Waals surface area contributed by atoms with Crippen LogP contribution in [0.15, 0.2) is 36.4 Å². The highest BCUT2D eigenvalue weighted by Crippen LogP contribution is 2.17. The molecule has 0 aliphatic rings. The molecule has 0 fully saturated rings. The molecule has 2 aromatic carbocycles. The first-order chi connectivity index (χ1) is 9.51. The highest BCUT2D eigenvalue weighted by molar-refractivity contribution is 6.04. The van der Waals surface area contributed by atoms with Crippen molar-refractivity contribution in [2.24, 2.45) is 0 Å². The van der Waals surface area contributed by atoms with Crippen LogP contribution in [0.5, 0.6) is 0 Å². The fourth-order valence-corrected chi connectivity index (χ4v) is 1.61. The number of rotatable bonds is 2. The number of nitrogens with one attached hydrogen (secondary N) is 1. The molecule has 0 radical (unpaired) electrons. The molecule has 5 heteroatoms. The van der Waals surface area contributed by atoms with Gasteiger partial charge in [-0.25, -0.2) is 8.78 Å². The number of amides is 1. The molecular formula is C15H10F2N2O. The summed E-state index contributed by atoms with van der Waals surface area (Å²) in [5, 5.41) is 11.0. The van der Waals surface area contributed by atoms with Crippen LogP contribution in [0.4, 0.5) is 14.5 Å². The fraction of sp³-hybridized carbons (Fsp3) is 0.0667. The number of nitrogens with zero attached hydrogens (tertiary/aromatic N) is 1. The second-order valence-electron chi connectivity index (χ2n) is 4.22. The van der Waals surface area contributed by atoms with E-state index >= 15 is 0 Å². The molecule has 100 valence electrons. The Morgan fingerprint density at radius 1 is 1.15 bits per heavy atom. The summed E-state index contributed by atoms with van der Waals surface area (Å²) < 4.78 is 27.0. The number of carbonyl (C=O) groups excluding carboxylic acids is 1. The molecule has 0 saturated heterocycles. The number of hydrogen-bond acceptors (Lipinski definition) is 2. The van der Waals surface area contributed by atoms with E-state index in [0.29, 0.717) is 5.56 Å². The van der Waals surface area contributed by atoms with E-state index < -0.39 is 17.5 Å². The van der Waals surface area contributed by atoms with Crippen molar-refractivity contribution in [1.29, 1.82) is 5.26 Å². The lowest BCUT2D eigenvalue weighted by atomic mass is 10.1. The van der Waals surface area contributed by atoms with Crippen LogP contribution in [0.25, 0.3) is 0 Å². The van der Waals surface area contributed by atoms with Gasteiger partial charge in [-0.05, 0) is 42.8 Å². The maximum absolute atomic E-state index is 13.6. The second-order valence-corrected chi connectivity index (χ2v) is 4.22. The van der Waals surface area contributed by atoms with Gasteiger partial charge >= 0.3 is 0 Å². The lowest BCUT2D eigenvalue weighted by Crippen LogP contribution is -2.13. The van der Waals surface area contributed by atoms with E-state index in [0.717, 1.165) is 12.1 Å². The zero-order valence-electron chi connectivity index (χ0n) is 10.6. The van der Waals surface area contributed by atoms with Gasteiger partial charge < -0.3 is 5.32 Å². The summed E-state index contributed by atoms with van der Waals surface area (Å²) >= 11 is 0. The van der Waals surface area contributed by atoms with Crippen molar-refractivity contribution < 1.29 is 13.6 Å². The normalized spacial score (nSPS) is 9.90.